The minimum Gasteiger partial charge on any atom is -0.347 e. The maximum Gasteiger partial charge on any atom is 0.331 e. The Morgan fingerprint density at radius 2 is 1.94 bits per heavy atom. The summed E-state index contributed by atoms with van der Waals surface area (Å²) in [6.45, 7) is -0.327. The Morgan fingerprint density at radius 3 is 2.39 bits per heavy atom. The molecule has 98 valence electrons. The minimum atomic E-state index is -1.11. The van der Waals surface area contributed by atoms with Gasteiger partial charge in [0.1, 0.15) is 12.0 Å². The highest BCUT2D eigenvalue weighted by molar-refractivity contribution is 6.20. The van der Waals surface area contributed by atoms with E-state index in [-0.39, 0.29) is 12.5 Å². The normalized spacial score (nSPS) is 21.7. The summed E-state index contributed by atoms with van der Waals surface area (Å²) in [5, 5.41) is 2.15. The van der Waals surface area contributed by atoms with Gasteiger partial charge in [-0.15, -0.1) is 0 Å². The van der Waals surface area contributed by atoms with Crippen molar-refractivity contribution >= 4 is 23.8 Å². The van der Waals surface area contributed by atoms with Crippen molar-refractivity contribution in [1.29, 1.82) is 0 Å². The van der Waals surface area contributed by atoms with E-state index in [0.717, 1.165) is 11.3 Å². The van der Waals surface area contributed by atoms with E-state index in [0.29, 0.717) is 12.8 Å². The second-order valence-electron chi connectivity index (χ2n) is 4.87. The Hall–Kier alpha value is -1.92. The Labute approximate surface area is 104 Å². The number of imide groups is 2. The SMILES string of the molecule is CN(C)C(=O)CN1C(=O)NC(=O)C2(CCC2)C1=O. The fourth-order valence-corrected chi connectivity index (χ4v) is 2.12. The van der Waals surface area contributed by atoms with Gasteiger partial charge in [-0.2, -0.15) is 0 Å². The predicted octanol–water partition coefficient (Wildman–Crippen LogP) is -0.677. The average molecular weight is 253 g/mol. The molecule has 1 aliphatic carbocycles. The zero-order chi connectivity index (χ0) is 13.5. The molecule has 7 heteroatoms. The van der Waals surface area contributed by atoms with Crippen LogP contribution in [0.4, 0.5) is 4.79 Å². The third kappa shape index (κ3) is 1.66. The van der Waals surface area contributed by atoms with Gasteiger partial charge >= 0.3 is 6.03 Å². The van der Waals surface area contributed by atoms with Crippen LogP contribution < -0.4 is 5.32 Å². The Morgan fingerprint density at radius 1 is 1.33 bits per heavy atom. The van der Waals surface area contributed by atoms with Crippen LogP contribution in [0.25, 0.3) is 0 Å². The van der Waals surface area contributed by atoms with Crippen molar-refractivity contribution < 1.29 is 19.2 Å². The molecule has 1 heterocycles. The van der Waals surface area contributed by atoms with E-state index in [1.54, 1.807) is 14.1 Å². The number of hydrogen-bond donors (Lipinski definition) is 1. The molecule has 2 rings (SSSR count). The largest absolute Gasteiger partial charge is 0.347 e. The highest BCUT2D eigenvalue weighted by atomic mass is 16.2. The van der Waals surface area contributed by atoms with Crippen molar-refractivity contribution in [3.63, 3.8) is 0 Å². The first-order valence-corrected chi connectivity index (χ1v) is 5.76. The van der Waals surface area contributed by atoms with Gasteiger partial charge in [0.05, 0.1) is 0 Å². The van der Waals surface area contributed by atoms with Crippen LogP contribution >= 0.6 is 0 Å². The molecule has 0 aromatic rings. The van der Waals surface area contributed by atoms with Crippen molar-refractivity contribution in [2.75, 3.05) is 20.6 Å². The van der Waals surface area contributed by atoms with E-state index in [4.69, 9.17) is 0 Å². The van der Waals surface area contributed by atoms with Crippen LogP contribution in [-0.4, -0.2) is 54.2 Å². The molecule has 5 amide bonds. The minimum absolute atomic E-state index is 0.327. The molecule has 0 radical (unpaired) electrons. The number of carbonyl (C=O) groups is 4. The lowest BCUT2D eigenvalue weighted by Gasteiger charge is -2.44. The number of hydrogen-bond acceptors (Lipinski definition) is 4. The molecule has 0 bridgehead atoms. The first kappa shape index (κ1) is 12.5. The first-order chi connectivity index (χ1) is 8.38. The number of urea groups is 1. The molecule has 18 heavy (non-hydrogen) atoms. The lowest BCUT2D eigenvalue weighted by atomic mass is 9.66. The number of nitrogens with zero attached hydrogens (tertiary/aromatic N) is 2. The summed E-state index contributed by atoms with van der Waals surface area (Å²) < 4.78 is 0. The second kappa shape index (κ2) is 4.08. The van der Waals surface area contributed by atoms with Crippen LogP contribution in [-0.2, 0) is 14.4 Å². The topological polar surface area (TPSA) is 86.8 Å². The van der Waals surface area contributed by atoms with Crippen LogP contribution in [0.3, 0.4) is 0 Å². The molecule has 2 aliphatic rings. The summed E-state index contributed by atoms with van der Waals surface area (Å²) in [6.07, 6.45) is 1.66. The van der Waals surface area contributed by atoms with E-state index >= 15 is 0 Å². The highest BCUT2D eigenvalue weighted by Crippen LogP contribution is 2.44. The maximum absolute atomic E-state index is 12.2. The zero-order valence-corrected chi connectivity index (χ0v) is 10.4. The summed E-state index contributed by atoms with van der Waals surface area (Å²) in [6, 6.07) is -0.808. The molecule has 0 aromatic heterocycles. The van der Waals surface area contributed by atoms with Crippen LogP contribution in [0.2, 0.25) is 0 Å². The lowest BCUT2D eigenvalue weighted by molar-refractivity contribution is -0.159. The van der Waals surface area contributed by atoms with Crippen LogP contribution in [0.5, 0.6) is 0 Å². The molecular formula is C11H15N3O4. The van der Waals surface area contributed by atoms with Gasteiger partial charge in [0, 0.05) is 14.1 Å². The Kier molecular flexibility index (Phi) is 2.84. The molecule has 1 N–H and O–H groups in total. The highest BCUT2D eigenvalue weighted by Gasteiger charge is 2.57. The number of nitrogens with one attached hydrogen (secondary N) is 1. The van der Waals surface area contributed by atoms with Crippen molar-refractivity contribution in [3.8, 4) is 0 Å². The van der Waals surface area contributed by atoms with Gasteiger partial charge in [-0.05, 0) is 12.8 Å². The smallest absolute Gasteiger partial charge is 0.331 e. The summed E-state index contributed by atoms with van der Waals surface area (Å²) in [4.78, 5) is 49.2. The molecule has 1 aliphatic heterocycles. The van der Waals surface area contributed by atoms with Gasteiger partial charge in [-0.1, -0.05) is 6.42 Å². The third-order valence-electron chi connectivity index (χ3n) is 3.55. The fraction of sp³-hybridized carbons (Fsp3) is 0.636. The standard InChI is InChI=1S/C11H15N3O4/c1-13(2)7(15)6-14-9(17)11(4-3-5-11)8(16)12-10(14)18/h3-6H2,1-2H3,(H,12,16,18). The van der Waals surface area contributed by atoms with Crippen LogP contribution in [0, 0.1) is 5.41 Å². The van der Waals surface area contributed by atoms with E-state index in [1.165, 1.54) is 4.90 Å². The average Bonchev–Trinajstić information content (AvgIpc) is 2.21. The maximum atomic E-state index is 12.2. The molecule has 7 nitrogen and oxygen atoms in total. The number of carbonyl (C=O) groups excluding carboxylic acids is 4. The molecule has 1 spiro atoms. The first-order valence-electron chi connectivity index (χ1n) is 5.76. The second-order valence-corrected chi connectivity index (χ2v) is 4.87. The molecule has 0 aromatic carbocycles. The van der Waals surface area contributed by atoms with Crippen molar-refractivity contribution in [2.45, 2.75) is 19.3 Å². The number of amides is 5. The number of barbiturate groups is 1. The van der Waals surface area contributed by atoms with Gasteiger partial charge < -0.3 is 4.90 Å². The van der Waals surface area contributed by atoms with E-state index in [2.05, 4.69) is 5.32 Å². The zero-order valence-electron chi connectivity index (χ0n) is 10.4. The summed E-state index contributed by atoms with van der Waals surface area (Å²) in [7, 11) is 3.08. The molecule has 1 saturated carbocycles. The molecule has 0 atom stereocenters. The van der Waals surface area contributed by atoms with Crippen molar-refractivity contribution in [3.05, 3.63) is 0 Å². The quantitative estimate of drug-likeness (QED) is 0.661. The summed E-state index contributed by atoms with van der Waals surface area (Å²) in [5.41, 5.74) is -1.11. The third-order valence-corrected chi connectivity index (χ3v) is 3.55. The molecule has 0 unspecified atom stereocenters. The Balaban J connectivity index is 2.19. The predicted molar refractivity (Wildman–Crippen MR) is 60.2 cm³/mol. The molecule has 2 fully saturated rings. The summed E-state index contributed by atoms with van der Waals surface area (Å²) in [5.74, 6) is -1.43. The van der Waals surface area contributed by atoms with Gasteiger partial charge in [-0.25, -0.2) is 4.79 Å². The van der Waals surface area contributed by atoms with Crippen molar-refractivity contribution in [2.24, 2.45) is 5.41 Å². The van der Waals surface area contributed by atoms with E-state index in [1.807, 2.05) is 0 Å². The molecular weight excluding hydrogens is 238 g/mol. The van der Waals surface area contributed by atoms with Crippen LogP contribution in [0.15, 0.2) is 0 Å². The van der Waals surface area contributed by atoms with Crippen molar-refractivity contribution in [1.82, 2.24) is 15.1 Å². The Bertz CT molecular complexity index is 440. The van der Waals surface area contributed by atoms with Crippen LogP contribution in [0.1, 0.15) is 19.3 Å². The van der Waals surface area contributed by atoms with E-state index in [9.17, 15) is 19.2 Å². The fourth-order valence-electron chi connectivity index (χ4n) is 2.12. The number of rotatable bonds is 2. The van der Waals surface area contributed by atoms with Gasteiger partial charge in [-0.3, -0.25) is 24.6 Å². The van der Waals surface area contributed by atoms with Gasteiger partial charge in [0.2, 0.25) is 17.7 Å². The van der Waals surface area contributed by atoms with Gasteiger partial charge in [0.15, 0.2) is 0 Å². The molecule has 1 saturated heterocycles. The summed E-state index contributed by atoms with van der Waals surface area (Å²) >= 11 is 0. The van der Waals surface area contributed by atoms with Gasteiger partial charge in [0.25, 0.3) is 0 Å². The number of likely N-dealkylation sites (N-methyl/N-ethyl adjacent to an activating group) is 1. The van der Waals surface area contributed by atoms with E-state index < -0.39 is 23.3 Å². The monoisotopic (exact) mass is 253 g/mol. The lowest BCUT2D eigenvalue weighted by Crippen LogP contribution is -2.67.